The molecule has 0 unspecified atom stereocenters. The van der Waals surface area contributed by atoms with E-state index in [0.29, 0.717) is 0 Å². The average Bonchev–Trinajstić information content (AvgIpc) is 2.88. The first-order valence-corrected chi connectivity index (χ1v) is 7.19. The van der Waals surface area contributed by atoms with E-state index in [1.54, 1.807) is 11.3 Å². The van der Waals surface area contributed by atoms with Crippen LogP contribution in [0.25, 0.3) is 10.9 Å². The molecule has 0 spiro atoms. The molecule has 0 N–H and O–H groups in total. The molecular formula is C14H12BrNS. The Balaban J connectivity index is 2.04. The fourth-order valence-electron chi connectivity index (χ4n) is 2.12. The van der Waals surface area contributed by atoms with E-state index in [4.69, 9.17) is 0 Å². The highest BCUT2D eigenvalue weighted by Crippen LogP contribution is 2.24. The first kappa shape index (κ1) is 11.1. The molecule has 1 nitrogen and oxygen atoms in total. The summed E-state index contributed by atoms with van der Waals surface area (Å²) in [6.45, 7) is 3.11. The molecule has 0 aliphatic rings. The Morgan fingerprint density at radius 2 is 2.18 bits per heavy atom. The van der Waals surface area contributed by atoms with E-state index in [9.17, 15) is 0 Å². The molecule has 0 radical (unpaired) electrons. The highest BCUT2D eigenvalue weighted by atomic mass is 79.9. The van der Waals surface area contributed by atoms with E-state index in [2.05, 4.69) is 69.3 Å². The fourth-order valence-corrected chi connectivity index (χ4v) is 3.57. The summed E-state index contributed by atoms with van der Waals surface area (Å²) in [7, 11) is 0. The molecule has 0 aliphatic carbocycles. The van der Waals surface area contributed by atoms with Crippen LogP contribution >= 0.6 is 27.3 Å². The van der Waals surface area contributed by atoms with Crippen LogP contribution in [0.3, 0.4) is 0 Å². The number of halogens is 1. The maximum atomic E-state index is 3.50. The van der Waals surface area contributed by atoms with Crippen LogP contribution in [0.4, 0.5) is 0 Å². The van der Waals surface area contributed by atoms with E-state index in [0.717, 1.165) is 6.54 Å². The first-order valence-electron chi connectivity index (χ1n) is 5.51. The molecule has 3 rings (SSSR count). The van der Waals surface area contributed by atoms with Gasteiger partial charge in [-0.25, -0.2) is 0 Å². The number of thiophene rings is 1. The molecule has 0 aliphatic heterocycles. The van der Waals surface area contributed by atoms with Crippen LogP contribution < -0.4 is 0 Å². The standard InChI is InChI=1S/C14H12BrNS/c1-10-3-2-4-14-13(10)5-6-16(14)8-12-7-11(15)9-17-12/h2-7,9H,8H2,1H3. The van der Waals surface area contributed by atoms with Crippen molar-refractivity contribution in [1.82, 2.24) is 4.57 Å². The predicted molar refractivity (Wildman–Crippen MR) is 77.8 cm³/mol. The maximum Gasteiger partial charge on any atom is 0.0569 e. The van der Waals surface area contributed by atoms with Crippen LogP contribution in [0.15, 0.2) is 46.4 Å². The molecule has 0 amide bonds. The van der Waals surface area contributed by atoms with E-state index >= 15 is 0 Å². The average molecular weight is 306 g/mol. The van der Waals surface area contributed by atoms with Crippen molar-refractivity contribution in [2.75, 3.05) is 0 Å². The highest BCUT2D eigenvalue weighted by Gasteiger charge is 2.04. The summed E-state index contributed by atoms with van der Waals surface area (Å²) in [5.41, 5.74) is 2.66. The normalized spacial score (nSPS) is 11.2. The van der Waals surface area contributed by atoms with Crippen molar-refractivity contribution in [1.29, 1.82) is 0 Å². The van der Waals surface area contributed by atoms with Gasteiger partial charge in [-0.1, -0.05) is 12.1 Å². The second-order valence-corrected chi connectivity index (χ2v) is 6.09. The van der Waals surface area contributed by atoms with Crippen LogP contribution in [0.5, 0.6) is 0 Å². The molecule has 0 bridgehead atoms. The summed E-state index contributed by atoms with van der Waals surface area (Å²) in [6, 6.07) is 10.9. The number of hydrogen-bond acceptors (Lipinski definition) is 1. The maximum absolute atomic E-state index is 3.50. The third-order valence-electron chi connectivity index (χ3n) is 2.98. The van der Waals surface area contributed by atoms with Crippen molar-refractivity contribution in [2.24, 2.45) is 0 Å². The second-order valence-electron chi connectivity index (χ2n) is 4.18. The number of benzene rings is 1. The van der Waals surface area contributed by atoms with Gasteiger partial charge in [0.05, 0.1) is 6.54 Å². The van der Waals surface area contributed by atoms with E-state index in [1.165, 1.54) is 25.8 Å². The predicted octanol–water partition coefficient (Wildman–Crippen LogP) is 4.82. The van der Waals surface area contributed by atoms with Gasteiger partial charge in [-0.3, -0.25) is 0 Å². The van der Waals surface area contributed by atoms with Gasteiger partial charge in [-0.2, -0.15) is 0 Å². The quantitative estimate of drug-likeness (QED) is 0.639. The molecule has 0 saturated carbocycles. The van der Waals surface area contributed by atoms with Gasteiger partial charge in [-0.05, 0) is 46.6 Å². The summed E-state index contributed by atoms with van der Waals surface area (Å²) < 4.78 is 3.48. The Labute approximate surface area is 113 Å². The van der Waals surface area contributed by atoms with Crippen molar-refractivity contribution >= 4 is 38.2 Å². The van der Waals surface area contributed by atoms with Crippen molar-refractivity contribution in [2.45, 2.75) is 13.5 Å². The zero-order chi connectivity index (χ0) is 11.8. The Hall–Kier alpha value is -1.06. The minimum atomic E-state index is 0.948. The first-order chi connectivity index (χ1) is 8.24. The van der Waals surface area contributed by atoms with Crippen molar-refractivity contribution in [3.05, 3.63) is 56.8 Å². The Kier molecular flexibility index (Phi) is 2.81. The number of rotatable bonds is 2. The Bertz CT molecular complexity index is 666. The highest BCUT2D eigenvalue weighted by molar-refractivity contribution is 9.10. The molecule has 0 fully saturated rings. The van der Waals surface area contributed by atoms with Gasteiger partial charge in [0.15, 0.2) is 0 Å². The third-order valence-corrected chi connectivity index (χ3v) is 4.66. The largest absolute Gasteiger partial charge is 0.342 e. The lowest BCUT2D eigenvalue weighted by molar-refractivity contribution is 0.851. The zero-order valence-corrected chi connectivity index (χ0v) is 11.9. The van der Waals surface area contributed by atoms with Gasteiger partial charge in [0.1, 0.15) is 0 Å². The Morgan fingerprint density at radius 1 is 1.29 bits per heavy atom. The van der Waals surface area contributed by atoms with Crippen LogP contribution in [-0.4, -0.2) is 4.57 Å². The van der Waals surface area contributed by atoms with Crippen LogP contribution in [-0.2, 0) is 6.54 Å². The van der Waals surface area contributed by atoms with Crippen molar-refractivity contribution in [3.63, 3.8) is 0 Å². The van der Waals surface area contributed by atoms with Gasteiger partial charge < -0.3 is 4.57 Å². The van der Waals surface area contributed by atoms with Crippen LogP contribution in [0.2, 0.25) is 0 Å². The van der Waals surface area contributed by atoms with E-state index in [-0.39, 0.29) is 0 Å². The molecule has 2 aromatic heterocycles. The lowest BCUT2D eigenvalue weighted by Gasteiger charge is -2.04. The number of nitrogens with zero attached hydrogens (tertiary/aromatic N) is 1. The van der Waals surface area contributed by atoms with Crippen LogP contribution in [0, 0.1) is 6.92 Å². The summed E-state index contributed by atoms with van der Waals surface area (Å²) >= 11 is 5.29. The SMILES string of the molecule is Cc1cccc2c1ccn2Cc1cc(Br)cs1. The number of fused-ring (bicyclic) bond motifs is 1. The number of hydrogen-bond donors (Lipinski definition) is 0. The minimum absolute atomic E-state index is 0.948. The van der Waals surface area contributed by atoms with E-state index in [1.807, 2.05) is 0 Å². The summed E-state index contributed by atoms with van der Waals surface area (Å²) in [4.78, 5) is 1.37. The molecule has 0 saturated heterocycles. The van der Waals surface area contributed by atoms with Crippen molar-refractivity contribution < 1.29 is 0 Å². The zero-order valence-electron chi connectivity index (χ0n) is 9.48. The second kappa shape index (κ2) is 4.31. The van der Waals surface area contributed by atoms with Gasteiger partial charge in [0, 0.05) is 31.8 Å². The van der Waals surface area contributed by atoms with Crippen molar-refractivity contribution in [3.8, 4) is 0 Å². The van der Waals surface area contributed by atoms with Gasteiger partial charge in [0.2, 0.25) is 0 Å². The number of aryl methyl sites for hydroxylation is 1. The minimum Gasteiger partial charge on any atom is -0.342 e. The molecule has 86 valence electrons. The molecule has 3 aromatic rings. The monoisotopic (exact) mass is 305 g/mol. The molecule has 0 atom stereocenters. The number of aromatic nitrogens is 1. The fraction of sp³-hybridized carbons (Fsp3) is 0.143. The molecule has 17 heavy (non-hydrogen) atoms. The molecule has 1 aromatic carbocycles. The topological polar surface area (TPSA) is 4.93 Å². The Morgan fingerprint density at radius 3 is 2.94 bits per heavy atom. The molecule has 2 heterocycles. The van der Waals surface area contributed by atoms with E-state index < -0.39 is 0 Å². The van der Waals surface area contributed by atoms with Gasteiger partial charge in [0.25, 0.3) is 0 Å². The molecule has 3 heteroatoms. The summed E-state index contributed by atoms with van der Waals surface area (Å²) in [5, 5.41) is 3.48. The summed E-state index contributed by atoms with van der Waals surface area (Å²) in [6.07, 6.45) is 2.17. The summed E-state index contributed by atoms with van der Waals surface area (Å²) in [5.74, 6) is 0. The smallest absolute Gasteiger partial charge is 0.0569 e. The lowest BCUT2D eigenvalue weighted by atomic mass is 10.1. The molecular weight excluding hydrogens is 294 g/mol. The third kappa shape index (κ3) is 2.05. The van der Waals surface area contributed by atoms with Gasteiger partial charge in [-0.15, -0.1) is 11.3 Å². The van der Waals surface area contributed by atoms with Crippen LogP contribution in [0.1, 0.15) is 10.4 Å². The van der Waals surface area contributed by atoms with Gasteiger partial charge >= 0.3 is 0 Å². The lowest BCUT2D eigenvalue weighted by Crippen LogP contribution is -1.95.